The summed E-state index contributed by atoms with van der Waals surface area (Å²) in [6, 6.07) is 11.7. The molecule has 0 bridgehead atoms. The van der Waals surface area contributed by atoms with Crippen LogP contribution in [-0.2, 0) is 0 Å². The molecule has 0 aliphatic carbocycles. The zero-order chi connectivity index (χ0) is 21.8. The van der Waals surface area contributed by atoms with Gasteiger partial charge in [0.15, 0.2) is 0 Å². The van der Waals surface area contributed by atoms with Crippen molar-refractivity contribution in [1.82, 2.24) is 19.9 Å². The molecule has 4 rings (SSSR count). The molecule has 3 aromatic rings. The van der Waals surface area contributed by atoms with E-state index in [4.69, 9.17) is 0 Å². The van der Waals surface area contributed by atoms with Gasteiger partial charge < -0.3 is 15.1 Å². The third-order valence-corrected chi connectivity index (χ3v) is 5.05. The van der Waals surface area contributed by atoms with Gasteiger partial charge in [0, 0.05) is 44.5 Å². The second-order valence-corrected chi connectivity index (χ2v) is 7.16. The van der Waals surface area contributed by atoms with Crippen LogP contribution in [0.3, 0.4) is 0 Å². The maximum Gasteiger partial charge on any atom is 0.282 e. The molecule has 10 heteroatoms. The zero-order valence-corrected chi connectivity index (χ0v) is 16.9. The molecule has 2 aromatic heterocycles. The van der Waals surface area contributed by atoms with Crippen LogP contribution < -0.4 is 10.2 Å². The van der Waals surface area contributed by atoms with Crippen LogP contribution in [0.25, 0.3) is 0 Å². The van der Waals surface area contributed by atoms with Crippen molar-refractivity contribution in [2.45, 2.75) is 6.92 Å². The number of carbonyl (C=O) groups is 1. The first kappa shape index (κ1) is 20.2. The summed E-state index contributed by atoms with van der Waals surface area (Å²) in [6.07, 6.45) is 3.21. The minimum Gasteiger partial charge on any atom is -0.353 e. The Morgan fingerprint density at radius 3 is 2.52 bits per heavy atom. The van der Waals surface area contributed by atoms with E-state index in [1.165, 1.54) is 18.5 Å². The topological polar surface area (TPSA) is 117 Å². The molecule has 31 heavy (non-hydrogen) atoms. The van der Waals surface area contributed by atoms with Crippen LogP contribution in [0, 0.1) is 17.0 Å². The minimum atomic E-state index is -0.526. The predicted molar refractivity (Wildman–Crippen MR) is 116 cm³/mol. The first-order chi connectivity index (χ1) is 15.0. The number of benzene rings is 1. The maximum atomic E-state index is 12.8. The van der Waals surface area contributed by atoms with Gasteiger partial charge in [-0.3, -0.25) is 14.9 Å². The van der Waals surface area contributed by atoms with Crippen LogP contribution in [0.4, 0.5) is 23.1 Å². The highest BCUT2D eigenvalue weighted by Crippen LogP contribution is 2.22. The number of nitrogens with zero attached hydrogens (tertiary/aromatic N) is 6. The molecule has 1 amide bonds. The highest BCUT2D eigenvalue weighted by Gasteiger charge is 2.27. The first-order valence-corrected chi connectivity index (χ1v) is 9.80. The number of aromatic nitrogens is 3. The molecule has 1 aliphatic heterocycles. The van der Waals surface area contributed by atoms with E-state index in [0.29, 0.717) is 37.8 Å². The Morgan fingerprint density at radius 1 is 1.03 bits per heavy atom. The molecule has 158 valence electrons. The van der Waals surface area contributed by atoms with Crippen LogP contribution in [0.2, 0.25) is 0 Å². The fourth-order valence-corrected chi connectivity index (χ4v) is 3.45. The van der Waals surface area contributed by atoms with Gasteiger partial charge in [0.05, 0.1) is 4.92 Å². The van der Waals surface area contributed by atoms with E-state index < -0.39 is 4.92 Å². The second-order valence-electron chi connectivity index (χ2n) is 7.16. The second kappa shape index (κ2) is 8.74. The molecule has 1 aliphatic rings. The van der Waals surface area contributed by atoms with Crippen molar-refractivity contribution in [2.75, 3.05) is 36.4 Å². The number of aryl methyl sites for hydroxylation is 1. The number of nitro groups is 1. The van der Waals surface area contributed by atoms with Crippen LogP contribution >= 0.6 is 0 Å². The average molecular weight is 419 g/mol. The molecule has 3 heterocycles. The van der Waals surface area contributed by atoms with Gasteiger partial charge in [0.1, 0.15) is 29.3 Å². The Labute approximate surface area is 178 Å². The first-order valence-electron chi connectivity index (χ1n) is 9.80. The summed E-state index contributed by atoms with van der Waals surface area (Å²) < 4.78 is 0. The summed E-state index contributed by atoms with van der Waals surface area (Å²) in [5.74, 6) is 1.73. The van der Waals surface area contributed by atoms with Crippen molar-refractivity contribution in [3.8, 4) is 0 Å². The molecular formula is C21H21N7O3. The third-order valence-electron chi connectivity index (χ3n) is 5.05. The number of nitro benzene ring substituents is 1. The monoisotopic (exact) mass is 419 g/mol. The van der Waals surface area contributed by atoms with Gasteiger partial charge in [-0.25, -0.2) is 15.0 Å². The summed E-state index contributed by atoms with van der Waals surface area (Å²) in [7, 11) is 0. The van der Waals surface area contributed by atoms with Gasteiger partial charge in [-0.05, 0) is 30.7 Å². The van der Waals surface area contributed by atoms with Crippen molar-refractivity contribution < 1.29 is 9.72 Å². The van der Waals surface area contributed by atoms with Crippen LogP contribution in [0.1, 0.15) is 15.9 Å². The van der Waals surface area contributed by atoms with E-state index in [1.54, 1.807) is 23.2 Å². The number of rotatable bonds is 5. The fraction of sp³-hybridized carbons (Fsp3) is 0.238. The molecule has 1 saturated heterocycles. The van der Waals surface area contributed by atoms with E-state index in [-0.39, 0.29) is 17.2 Å². The molecule has 0 saturated carbocycles. The quantitative estimate of drug-likeness (QED) is 0.496. The Morgan fingerprint density at radius 2 is 1.77 bits per heavy atom. The lowest BCUT2D eigenvalue weighted by atomic mass is 10.1. The Balaban J connectivity index is 1.42. The molecule has 0 spiro atoms. The highest BCUT2D eigenvalue weighted by molar-refractivity contribution is 5.98. The normalized spacial score (nSPS) is 13.7. The third kappa shape index (κ3) is 4.58. The lowest BCUT2D eigenvalue weighted by Gasteiger charge is -2.35. The molecule has 1 N–H and O–H groups in total. The summed E-state index contributed by atoms with van der Waals surface area (Å²) in [4.78, 5) is 40.1. The molecule has 0 unspecified atom stereocenters. The number of pyridine rings is 1. The SMILES string of the molecule is Cc1ccnc(Nc2cc(N3CCN(C(=O)c4ccccc4[N+](=O)[O-])CC3)ncn2)c1. The lowest BCUT2D eigenvalue weighted by molar-refractivity contribution is -0.385. The summed E-state index contributed by atoms with van der Waals surface area (Å²) in [5.41, 5.74) is 1.03. The Bertz CT molecular complexity index is 1110. The molecular weight excluding hydrogens is 398 g/mol. The van der Waals surface area contributed by atoms with Crippen LogP contribution in [-0.4, -0.2) is 56.9 Å². The number of anilines is 3. The predicted octanol–water partition coefficient (Wildman–Crippen LogP) is 2.79. The fourth-order valence-electron chi connectivity index (χ4n) is 3.45. The van der Waals surface area contributed by atoms with E-state index in [2.05, 4.69) is 25.2 Å². The number of nitrogens with one attached hydrogen (secondary N) is 1. The molecule has 1 aromatic carbocycles. The maximum absolute atomic E-state index is 12.8. The van der Waals surface area contributed by atoms with E-state index in [0.717, 1.165) is 11.4 Å². The van der Waals surface area contributed by atoms with Crippen LogP contribution in [0.5, 0.6) is 0 Å². The van der Waals surface area contributed by atoms with Gasteiger partial charge in [-0.15, -0.1) is 0 Å². The summed E-state index contributed by atoms with van der Waals surface area (Å²) in [6.45, 7) is 3.99. The van der Waals surface area contributed by atoms with Gasteiger partial charge in [-0.2, -0.15) is 0 Å². The van der Waals surface area contributed by atoms with Crippen molar-refractivity contribution in [1.29, 1.82) is 0 Å². The van der Waals surface area contributed by atoms with Crippen molar-refractivity contribution >= 4 is 29.0 Å². The molecule has 10 nitrogen and oxygen atoms in total. The Kier molecular flexibility index (Phi) is 5.69. The number of hydrogen-bond donors (Lipinski definition) is 1. The van der Waals surface area contributed by atoms with E-state index in [9.17, 15) is 14.9 Å². The number of para-hydroxylation sites is 1. The highest BCUT2D eigenvalue weighted by atomic mass is 16.6. The van der Waals surface area contributed by atoms with Gasteiger partial charge in [0.25, 0.3) is 11.6 Å². The zero-order valence-electron chi connectivity index (χ0n) is 16.9. The van der Waals surface area contributed by atoms with Crippen molar-refractivity contribution in [2.24, 2.45) is 0 Å². The Hall–Kier alpha value is -4.08. The smallest absolute Gasteiger partial charge is 0.282 e. The molecule has 0 atom stereocenters. The molecule has 0 radical (unpaired) electrons. The van der Waals surface area contributed by atoms with Gasteiger partial charge in [-0.1, -0.05) is 12.1 Å². The number of piperazine rings is 1. The van der Waals surface area contributed by atoms with Crippen molar-refractivity contribution in [3.63, 3.8) is 0 Å². The van der Waals surface area contributed by atoms with Crippen molar-refractivity contribution in [3.05, 3.63) is 76.2 Å². The summed E-state index contributed by atoms with van der Waals surface area (Å²) >= 11 is 0. The lowest BCUT2D eigenvalue weighted by Crippen LogP contribution is -2.49. The van der Waals surface area contributed by atoms with E-state index >= 15 is 0 Å². The number of hydrogen-bond acceptors (Lipinski definition) is 8. The molecule has 1 fully saturated rings. The number of amides is 1. The van der Waals surface area contributed by atoms with E-state index in [1.807, 2.05) is 25.1 Å². The minimum absolute atomic E-state index is 0.111. The average Bonchev–Trinajstić information content (AvgIpc) is 2.79. The summed E-state index contributed by atoms with van der Waals surface area (Å²) in [5, 5.41) is 14.4. The number of carbonyl (C=O) groups excluding carboxylic acids is 1. The van der Waals surface area contributed by atoms with Gasteiger partial charge >= 0.3 is 0 Å². The largest absolute Gasteiger partial charge is 0.353 e. The van der Waals surface area contributed by atoms with Gasteiger partial charge in [0.2, 0.25) is 0 Å². The van der Waals surface area contributed by atoms with Crippen LogP contribution in [0.15, 0.2) is 55.0 Å². The standard InChI is InChI=1S/C21H21N7O3/c1-15-6-7-22-18(12-15)25-19-13-20(24-14-23-19)26-8-10-27(11-9-26)21(29)16-4-2-3-5-17(16)28(30)31/h2-7,12-14H,8-11H2,1H3,(H,22,23,24,25).